The molecule has 0 spiro atoms. The van der Waals surface area contributed by atoms with E-state index in [0.29, 0.717) is 0 Å². The van der Waals surface area contributed by atoms with Crippen LogP contribution >= 0.6 is 0 Å². The molecule has 0 saturated heterocycles. The summed E-state index contributed by atoms with van der Waals surface area (Å²) in [6, 6.07) is 6.23. The molecule has 21 heavy (non-hydrogen) atoms. The van der Waals surface area contributed by atoms with Crippen molar-refractivity contribution in [2.24, 2.45) is 0 Å². The van der Waals surface area contributed by atoms with E-state index >= 15 is 0 Å². The molecule has 2 unspecified atom stereocenters. The summed E-state index contributed by atoms with van der Waals surface area (Å²) in [7, 11) is 0. The minimum absolute atomic E-state index is 0.0363. The zero-order valence-electron chi connectivity index (χ0n) is 13.1. The Morgan fingerprint density at radius 3 is 2.81 bits per heavy atom. The van der Waals surface area contributed by atoms with Crippen molar-refractivity contribution in [3.8, 4) is 0 Å². The number of benzene rings is 1. The maximum absolute atomic E-state index is 10.5. The first-order valence-electron chi connectivity index (χ1n) is 7.52. The Bertz CT molecular complexity index is 551. The lowest BCUT2D eigenvalue weighted by molar-refractivity contribution is 0.135. The molecule has 0 radical (unpaired) electrons. The van der Waals surface area contributed by atoms with Gasteiger partial charge in [0.15, 0.2) is 0 Å². The van der Waals surface area contributed by atoms with Gasteiger partial charge in [-0.25, -0.2) is 4.98 Å². The van der Waals surface area contributed by atoms with E-state index in [0.717, 1.165) is 30.6 Å². The van der Waals surface area contributed by atoms with Crippen LogP contribution in [0.2, 0.25) is 0 Å². The third-order valence-electron chi connectivity index (χ3n) is 3.84. The molecule has 2 aromatic rings. The lowest BCUT2D eigenvalue weighted by atomic mass is 9.97. The van der Waals surface area contributed by atoms with Gasteiger partial charge in [-0.2, -0.15) is 0 Å². The predicted octanol–water partition coefficient (Wildman–Crippen LogP) is 2.60. The van der Waals surface area contributed by atoms with Gasteiger partial charge in [0, 0.05) is 25.0 Å². The number of imidazole rings is 1. The molecule has 2 rings (SSSR count). The normalized spacial score (nSPS) is 14.1. The van der Waals surface area contributed by atoms with Crippen molar-refractivity contribution < 1.29 is 5.11 Å². The van der Waals surface area contributed by atoms with Crippen LogP contribution in [-0.4, -0.2) is 27.2 Å². The second-order valence-electron chi connectivity index (χ2n) is 5.70. The van der Waals surface area contributed by atoms with E-state index in [1.54, 1.807) is 6.20 Å². The van der Waals surface area contributed by atoms with Crippen LogP contribution in [-0.2, 0) is 6.54 Å². The summed E-state index contributed by atoms with van der Waals surface area (Å²) in [6.07, 6.45) is 6.13. The molecule has 114 valence electrons. The Balaban J connectivity index is 1.80. The van der Waals surface area contributed by atoms with Gasteiger partial charge in [-0.05, 0) is 44.9 Å². The Hall–Kier alpha value is -1.65. The van der Waals surface area contributed by atoms with Crippen LogP contribution in [0, 0.1) is 13.8 Å². The highest BCUT2D eigenvalue weighted by Gasteiger charge is 2.17. The third-order valence-corrected chi connectivity index (χ3v) is 3.84. The summed E-state index contributed by atoms with van der Waals surface area (Å²) < 4.78 is 2.06. The highest BCUT2D eigenvalue weighted by atomic mass is 16.3. The summed E-state index contributed by atoms with van der Waals surface area (Å²) in [6.45, 7) is 7.97. The first-order chi connectivity index (χ1) is 10.1. The van der Waals surface area contributed by atoms with Gasteiger partial charge in [-0.15, -0.1) is 0 Å². The van der Waals surface area contributed by atoms with Crippen LogP contribution in [0.5, 0.6) is 0 Å². The average Bonchev–Trinajstić information content (AvgIpc) is 2.96. The number of rotatable bonds is 7. The van der Waals surface area contributed by atoms with Crippen LogP contribution < -0.4 is 5.32 Å². The fourth-order valence-corrected chi connectivity index (χ4v) is 2.55. The molecule has 0 aliphatic rings. The van der Waals surface area contributed by atoms with E-state index in [1.807, 2.05) is 25.5 Å². The fraction of sp³-hybridized carbons (Fsp3) is 0.471. The second-order valence-corrected chi connectivity index (χ2v) is 5.70. The van der Waals surface area contributed by atoms with Gasteiger partial charge >= 0.3 is 0 Å². The van der Waals surface area contributed by atoms with Gasteiger partial charge in [0.1, 0.15) is 0 Å². The molecule has 0 aliphatic heterocycles. The first-order valence-corrected chi connectivity index (χ1v) is 7.52. The van der Waals surface area contributed by atoms with E-state index in [2.05, 4.69) is 40.8 Å². The molecule has 1 aromatic heterocycles. The smallest absolute Gasteiger partial charge is 0.0945 e. The molecule has 0 aliphatic carbocycles. The number of aliphatic hydroxyl groups is 1. The van der Waals surface area contributed by atoms with Crippen LogP contribution in [0.1, 0.15) is 36.1 Å². The SMILES string of the molecule is Cc1ccc(C(O)C(C)NCCCn2ccnc2)c(C)c1. The number of nitrogens with one attached hydrogen (secondary N) is 1. The van der Waals surface area contributed by atoms with E-state index in [-0.39, 0.29) is 6.04 Å². The molecule has 0 amide bonds. The zero-order valence-corrected chi connectivity index (χ0v) is 13.1. The topological polar surface area (TPSA) is 50.1 Å². The summed E-state index contributed by atoms with van der Waals surface area (Å²) in [5.74, 6) is 0. The van der Waals surface area contributed by atoms with Crippen LogP contribution in [0.4, 0.5) is 0 Å². The van der Waals surface area contributed by atoms with Crippen LogP contribution in [0.15, 0.2) is 36.9 Å². The van der Waals surface area contributed by atoms with Crippen LogP contribution in [0.3, 0.4) is 0 Å². The fourth-order valence-electron chi connectivity index (χ4n) is 2.55. The lowest BCUT2D eigenvalue weighted by Gasteiger charge is -2.22. The van der Waals surface area contributed by atoms with Crippen LogP contribution in [0.25, 0.3) is 0 Å². The molecule has 0 saturated carbocycles. The molecule has 1 aromatic carbocycles. The molecule has 4 heteroatoms. The first kappa shape index (κ1) is 15.7. The van der Waals surface area contributed by atoms with Crippen molar-refractivity contribution in [2.45, 2.75) is 45.9 Å². The van der Waals surface area contributed by atoms with E-state index < -0.39 is 6.10 Å². The van der Waals surface area contributed by atoms with Crippen molar-refractivity contribution >= 4 is 0 Å². The molecule has 2 N–H and O–H groups in total. The second kappa shape index (κ2) is 7.38. The quantitative estimate of drug-likeness (QED) is 0.770. The van der Waals surface area contributed by atoms with Gasteiger partial charge in [-0.1, -0.05) is 23.8 Å². The van der Waals surface area contributed by atoms with E-state index in [1.165, 1.54) is 5.56 Å². The van der Waals surface area contributed by atoms with Crippen molar-refractivity contribution in [3.63, 3.8) is 0 Å². The maximum Gasteiger partial charge on any atom is 0.0945 e. The Kier molecular flexibility index (Phi) is 5.53. The van der Waals surface area contributed by atoms with Crippen molar-refractivity contribution in [2.75, 3.05) is 6.54 Å². The monoisotopic (exact) mass is 287 g/mol. The number of aryl methyl sites for hydroxylation is 3. The minimum Gasteiger partial charge on any atom is -0.387 e. The van der Waals surface area contributed by atoms with E-state index in [9.17, 15) is 5.11 Å². The predicted molar refractivity (Wildman–Crippen MR) is 85.2 cm³/mol. The Morgan fingerprint density at radius 2 is 2.14 bits per heavy atom. The summed E-state index contributed by atoms with van der Waals surface area (Å²) in [4.78, 5) is 4.02. The number of aromatic nitrogens is 2. The van der Waals surface area contributed by atoms with Crippen molar-refractivity contribution in [3.05, 3.63) is 53.6 Å². The van der Waals surface area contributed by atoms with Gasteiger partial charge in [0.05, 0.1) is 12.4 Å². The molecule has 4 nitrogen and oxygen atoms in total. The van der Waals surface area contributed by atoms with Crippen molar-refractivity contribution in [1.82, 2.24) is 14.9 Å². The molecule has 0 fully saturated rings. The maximum atomic E-state index is 10.5. The largest absolute Gasteiger partial charge is 0.387 e. The van der Waals surface area contributed by atoms with Crippen molar-refractivity contribution in [1.29, 1.82) is 0 Å². The summed E-state index contributed by atoms with van der Waals surface area (Å²) >= 11 is 0. The lowest BCUT2D eigenvalue weighted by Crippen LogP contribution is -2.33. The van der Waals surface area contributed by atoms with Gasteiger partial charge in [0.2, 0.25) is 0 Å². The molecular formula is C17H25N3O. The van der Waals surface area contributed by atoms with Gasteiger partial charge in [-0.3, -0.25) is 0 Å². The number of hydrogen-bond acceptors (Lipinski definition) is 3. The summed E-state index contributed by atoms with van der Waals surface area (Å²) in [5.41, 5.74) is 3.38. The highest BCUT2D eigenvalue weighted by Crippen LogP contribution is 2.21. The Labute approximate surface area is 126 Å². The zero-order chi connectivity index (χ0) is 15.2. The molecule has 2 atom stereocenters. The molecule has 0 bridgehead atoms. The highest BCUT2D eigenvalue weighted by molar-refractivity contribution is 5.32. The van der Waals surface area contributed by atoms with Gasteiger partial charge in [0.25, 0.3) is 0 Å². The van der Waals surface area contributed by atoms with Gasteiger partial charge < -0.3 is 15.0 Å². The number of hydrogen-bond donors (Lipinski definition) is 2. The summed E-state index contributed by atoms with van der Waals surface area (Å²) in [5, 5.41) is 13.9. The standard InChI is InChI=1S/C17H25N3O/c1-13-5-6-16(14(2)11-13)17(21)15(3)19-7-4-9-20-10-8-18-12-20/h5-6,8,10-12,15,17,19,21H,4,7,9H2,1-3H3. The Morgan fingerprint density at radius 1 is 1.33 bits per heavy atom. The third kappa shape index (κ3) is 4.41. The van der Waals surface area contributed by atoms with E-state index in [4.69, 9.17) is 0 Å². The molecular weight excluding hydrogens is 262 g/mol. The average molecular weight is 287 g/mol. The number of aliphatic hydroxyl groups excluding tert-OH is 1. The molecule has 1 heterocycles. The number of nitrogens with zero attached hydrogens (tertiary/aromatic N) is 2. The minimum atomic E-state index is -0.473.